The second kappa shape index (κ2) is 6.59. The molecule has 0 aliphatic rings. The van der Waals surface area contributed by atoms with Crippen LogP contribution in [0.25, 0.3) is 0 Å². The van der Waals surface area contributed by atoms with Crippen molar-refractivity contribution in [3.8, 4) is 5.75 Å². The fourth-order valence-electron chi connectivity index (χ4n) is 2.25. The van der Waals surface area contributed by atoms with Crippen molar-refractivity contribution in [3.63, 3.8) is 0 Å². The summed E-state index contributed by atoms with van der Waals surface area (Å²) < 4.78 is 19.0. The van der Waals surface area contributed by atoms with Crippen molar-refractivity contribution in [2.45, 2.75) is 18.9 Å². The molecule has 2 rings (SSSR count). The van der Waals surface area contributed by atoms with E-state index < -0.39 is 5.54 Å². The van der Waals surface area contributed by atoms with Crippen molar-refractivity contribution < 1.29 is 14.2 Å². The summed E-state index contributed by atoms with van der Waals surface area (Å²) in [7, 11) is 1.60. The van der Waals surface area contributed by atoms with E-state index in [1.54, 1.807) is 25.3 Å². The minimum Gasteiger partial charge on any atom is -0.497 e. The first kappa shape index (κ1) is 15.3. The summed E-state index contributed by atoms with van der Waals surface area (Å²) in [5.74, 6) is 0.468. The van der Waals surface area contributed by atoms with Gasteiger partial charge in [0.2, 0.25) is 0 Å². The first-order valence-electron chi connectivity index (χ1n) is 6.83. The zero-order valence-corrected chi connectivity index (χ0v) is 12.3. The van der Waals surface area contributed by atoms with Crippen LogP contribution in [0.3, 0.4) is 0 Å². The standard InChI is InChI=1S/C17H20FNO2/c1-17(12-20,11-13-6-3-4-9-16(13)18)19-14-7-5-8-15(10-14)21-2/h3-10,19-20H,11-12H2,1-2H3. The molecule has 112 valence electrons. The van der Waals surface area contributed by atoms with E-state index in [9.17, 15) is 9.50 Å². The fourth-order valence-corrected chi connectivity index (χ4v) is 2.25. The third kappa shape index (κ3) is 3.95. The van der Waals surface area contributed by atoms with E-state index in [4.69, 9.17) is 4.74 Å². The van der Waals surface area contributed by atoms with E-state index in [2.05, 4.69) is 5.32 Å². The minimum atomic E-state index is -0.658. The number of hydrogen-bond acceptors (Lipinski definition) is 3. The Morgan fingerprint density at radius 2 is 1.95 bits per heavy atom. The third-order valence-corrected chi connectivity index (χ3v) is 3.40. The van der Waals surface area contributed by atoms with Crippen LogP contribution in [0.15, 0.2) is 48.5 Å². The molecule has 0 bridgehead atoms. The molecule has 21 heavy (non-hydrogen) atoms. The second-order valence-electron chi connectivity index (χ2n) is 5.34. The largest absolute Gasteiger partial charge is 0.497 e. The van der Waals surface area contributed by atoms with Crippen molar-refractivity contribution in [2.75, 3.05) is 19.0 Å². The Morgan fingerprint density at radius 3 is 2.62 bits per heavy atom. The minimum absolute atomic E-state index is 0.113. The van der Waals surface area contributed by atoms with E-state index in [-0.39, 0.29) is 12.4 Å². The van der Waals surface area contributed by atoms with Crippen LogP contribution < -0.4 is 10.1 Å². The van der Waals surface area contributed by atoms with Crippen molar-refractivity contribution >= 4 is 5.69 Å². The number of rotatable bonds is 6. The van der Waals surface area contributed by atoms with Gasteiger partial charge < -0.3 is 15.2 Å². The predicted octanol–water partition coefficient (Wildman–Crippen LogP) is 3.24. The van der Waals surface area contributed by atoms with Gasteiger partial charge in [0.05, 0.1) is 19.3 Å². The Balaban J connectivity index is 2.19. The van der Waals surface area contributed by atoms with Gasteiger partial charge >= 0.3 is 0 Å². The Morgan fingerprint density at radius 1 is 1.19 bits per heavy atom. The zero-order valence-electron chi connectivity index (χ0n) is 12.3. The Labute approximate surface area is 124 Å². The van der Waals surface area contributed by atoms with Gasteiger partial charge in [0.25, 0.3) is 0 Å². The Bertz CT molecular complexity index is 603. The molecule has 1 unspecified atom stereocenters. The Hall–Kier alpha value is -2.07. The van der Waals surface area contributed by atoms with Crippen LogP contribution in [0.4, 0.5) is 10.1 Å². The Kier molecular flexibility index (Phi) is 4.81. The lowest BCUT2D eigenvalue weighted by atomic mass is 9.93. The molecule has 0 heterocycles. The number of benzene rings is 2. The summed E-state index contributed by atoms with van der Waals surface area (Å²) in [4.78, 5) is 0. The monoisotopic (exact) mass is 289 g/mol. The van der Waals surface area contributed by atoms with Gasteiger partial charge in [-0.1, -0.05) is 24.3 Å². The van der Waals surface area contributed by atoms with Crippen molar-refractivity contribution in [1.82, 2.24) is 0 Å². The van der Waals surface area contributed by atoms with Crippen LogP contribution in [0, 0.1) is 5.82 Å². The molecule has 0 aliphatic carbocycles. The number of halogens is 1. The number of aliphatic hydroxyl groups is 1. The maximum absolute atomic E-state index is 13.8. The van der Waals surface area contributed by atoms with Crippen LogP contribution in [0.5, 0.6) is 5.75 Å². The highest BCUT2D eigenvalue weighted by Crippen LogP contribution is 2.24. The lowest BCUT2D eigenvalue weighted by molar-refractivity contribution is 0.221. The first-order chi connectivity index (χ1) is 10.1. The van der Waals surface area contributed by atoms with Crippen LogP contribution in [-0.2, 0) is 6.42 Å². The summed E-state index contributed by atoms with van der Waals surface area (Å²) in [5, 5.41) is 13.0. The molecular weight excluding hydrogens is 269 g/mol. The number of aliphatic hydroxyl groups excluding tert-OH is 1. The summed E-state index contributed by atoms with van der Waals surface area (Å²) in [6, 6.07) is 14.1. The van der Waals surface area contributed by atoms with Gasteiger partial charge in [-0.15, -0.1) is 0 Å². The van der Waals surface area contributed by atoms with E-state index in [1.165, 1.54) is 6.07 Å². The molecule has 0 radical (unpaired) electrons. The van der Waals surface area contributed by atoms with Crippen molar-refractivity contribution in [1.29, 1.82) is 0 Å². The molecule has 2 aromatic carbocycles. The second-order valence-corrected chi connectivity index (χ2v) is 5.34. The number of nitrogens with one attached hydrogen (secondary N) is 1. The van der Waals surface area contributed by atoms with Gasteiger partial charge in [-0.3, -0.25) is 0 Å². The van der Waals surface area contributed by atoms with Crippen LogP contribution >= 0.6 is 0 Å². The van der Waals surface area contributed by atoms with Gasteiger partial charge in [-0.25, -0.2) is 4.39 Å². The third-order valence-electron chi connectivity index (χ3n) is 3.40. The molecule has 4 heteroatoms. The van der Waals surface area contributed by atoms with Crippen LogP contribution in [0.2, 0.25) is 0 Å². The molecule has 0 saturated heterocycles. The summed E-state index contributed by atoms with van der Waals surface area (Å²) in [6.45, 7) is 1.75. The molecule has 0 aliphatic heterocycles. The molecule has 0 spiro atoms. The highest BCUT2D eigenvalue weighted by Gasteiger charge is 2.25. The molecule has 2 N–H and O–H groups in total. The van der Waals surface area contributed by atoms with Gasteiger partial charge in [0.1, 0.15) is 11.6 Å². The normalized spacial score (nSPS) is 13.5. The smallest absolute Gasteiger partial charge is 0.126 e. The molecule has 1 atom stereocenters. The summed E-state index contributed by atoms with van der Waals surface area (Å²) in [6.07, 6.45) is 0.382. The van der Waals surface area contributed by atoms with Crippen LogP contribution in [0.1, 0.15) is 12.5 Å². The fraction of sp³-hybridized carbons (Fsp3) is 0.294. The van der Waals surface area contributed by atoms with Gasteiger partial charge in [-0.2, -0.15) is 0 Å². The van der Waals surface area contributed by atoms with Gasteiger partial charge in [0, 0.05) is 18.2 Å². The molecule has 0 saturated carbocycles. The van der Waals surface area contributed by atoms with Gasteiger partial charge in [0.15, 0.2) is 0 Å². The predicted molar refractivity (Wildman–Crippen MR) is 82.2 cm³/mol. The molecular formula is C17H20FNO2. The summed E-state index contributed by atoms with van der Waals surface area (Å²) >= 11 is 0. The molecule has 2 aromatic rings. The van der Waals surface area contributed by atoms with E-state index in [0.717, 1.165) is 11.4 Å². The number of hydrogen-bond donors (Lipinski definition) is 2. The molecule has 0 aromatic heterocycles. The quantitative estimate of drug-likeness (QED) is 0.858. The lowest BCUT2D eigenvalue weighted by Crippen LogP contribution is -2.41. The average molecular weight is 289 g/mol. The summed E-state index contributed by atoms with van der Waals surface area (Å²) in [5.41, 5.74) is 0.737. The first-order valence-corrected chi connectivity index (χ1v) is 6.83. The van der Waals surface area contributed by atoms with Crippen molar-refractivity contribution in [3.05, 3.63) is 59.9 Å². The lowest BCUT2D eigenvalue weighted by Gasteiger charge is -2.30. The number of ether oxygens (including phenoxy) is 1. The number of anilines is 1. The van der Waals surface area contributed by atoms with Crippen molar-refractivity contribution in [2.24, 2.45) is 0 Å². The van der Waals surface area contributed by atoms with Gasteiger partial charge in [-0.05, 0) is 30.7 Å². The van der Waals surface area contributed by atoms with E-state index in [1.807, 2.05) is 31.2 Å². The van der Waals surface area contributed by atoms with Crippen LogP contribution in [-0.4, -0.2) is 24.4 Å². The topological polar surface area (TPSA) is 41.5 Å². The average Bonchev–Trinajstić information content (AvgIpc) is 2.50. The molecule has 0 fully saturated rings. The maximum atomic E-state index is 13.8. The zero-order chi connectivity index (χ0) is 15.3. The maximum Gasteiger partial charge on any atom is 0.126 e. The SMILES string of the molecule is COc1cccc(NC(C)(CO)Cc2ccccc2F)c1. The highest BCUT2D eigenvalue weighted by molar-refractivity contribution is 5.50. The highest BCUT2D eigenvalue weighted by atomic mass is 19.1. The molecule has 3 nitrogen and oxygen atoms in total. The van der Waals surface area contributed by atoms with E-state index in [0.29, 0.717) is 12.0 Å². The number of methoxy groups -OCH3 is 1. The van der Waals surface area contributed by atoms with E-state index >= 15 is 0 Å². The molecule has 0 amide bonds.